The normalized spacial score (nSPS) is 12.0. The fraction of sp³-hybridized carbons (Fsp3) is 0.600. The highest BCUT2D eigenvalue weighted by molar-refractivity contribution is 5.76. The Hall–Kier alpha value is -2.20. The summed E-state index contributed by atoms with van der Waals surface area (Å²) in [7, 11) is 4.47. The van der Waals surface area contributed by atoms with E-state index in [0.717, 1.165) is 5.56 Å². The number of carbonyl (C=O) groups is 2. The Labute approximate surface area is 171 Å². The van der Waals surface area contributed by atoms with E-state index in [-0.39, 0.29) is 13.0 Å². The Morgan fingerprint density at radius 1 is 0.966 bits per heavy atom. The zero-order valence-corrected chi connectivity index (χ0v) is 17.3. The molecule has 0 saturated heterocycles. The van der Waals surface area contributed by atoms with E-state index >= 15 is 0 Å². The lowest BCUT2D eigenvalue weighted by Crippen LogP contribution is -2.43. The van der Waals surface area contributed by atoms with Crippen LogP contribution in [0.5, 0.6) is 5.75 Å². The van der Waals surface area contributed by atoms with E-state index in [1.54, 1.807) is 26.3 Å². The SMILES string of the molecule is COCCOCCOCCOc1ccc(CC(C(=O)O)N(C)CC(=O)OC)cc1. The molecule has 164 valence electrons. The molecule has 1 atom stereocenters. The van der Waals surface area contributed by atoms with Gasteiger partial charge in [-0.15, -0.1) is 0 Å². The maximum Gasteiger partial charge on any atom is 0.321 e. The van der Waals surface area contributed by atoms with Crippen LogP contribution in [0.25, 0.3) is 0 Å². The summed E-state index contributed by atoms with van der Waals surface area (Å²) in [5.41, 5.74) is 0.825. The van der Waals surface area contributed by atoms with Gasteiger partial charge in [0.2, 0.25) is 0 Å². The van der Waals surface area contributed by atoms with Gasteiger partial charge in [-0.05, 0) is 31.2 Å². The second-order valence-electron chi connectivity index (χ2n) is 6.26. The summed E-state index contributed by atoms with van der Waals surface area (Å²) in [6.45, 7) is 2.85. The Kier molecular flexibility index (Phi) is 12.6. The van der Waals surface area contributed by atoms with E-state index in [4.69, 9.17) is 18.9 Å². The molecule has 0 spiro atoms. The molecule has 0 aliphatic carbocycles. The number of carbonyl (C=O) groups excluding carboxylic acids is 1. The number of ether oxygens (including phenoxy) is 5. The third-order valence-corrected chi connectivity index (χ3v) is 4.08. The van der Waals surface area contributed by atoms with E-state index < -0.39 is 18.0 Å². The summed E-state index contributed by atoms with van der Waals surface area (Å²) in [4.78, 5) is 24.4. The number of carboxylic acids is 1. The minimum atomic E-state index is -1.000. The number of methoxy groups -OCH3 is 2. The van der Waals surface area contributed by atoms with Gasteiger partial charge in [-0.25, -0.2) is 0 Å². The minimum absolute atomic E-state index is 0.0912. The molecule has 0 radical (unpaired) electrons. The van der Waals surface area contributed by atoms with Crippen molar-refractivity contribution in [2.24, 2.45) is 0 Å². The van der Waals surface area contributed by atoms with Crippen LogP contribution in [0.3, 0.4) is 0 Å². The van der Waals surface area contributed by atoms with Crippen LogP contribution in [0.15, 0.2) is 24.3 Å². The molecule has 1 unspecified atom stereocenters. The van der Waals surface area contributed by atoms with Gasteiger partial charge in [0.05, 0.1) is 46.7 Å². The first-order chi connectivity index (χ1) is 14.0. The molecule has 9 heteroatoms. The van der Waals surface area contributed by atoms with Crippen LogP contribution in [0.4, 0.5) is 0 Å². The number of carboxylic acid groups (broad SMARTS) is 1. The van der Waals surface area contributed by atoms with Gasteiger partial charge in [0.15, 0.2) is 0 Å². The summed E-state index contributed by atoms with van der Waals surface area (Å²) in [6, 6.07) is 6.34. The number of hydrogen-bond acceptors (Lipinski definition) is 8. The lowest BCUT2D eigenvalue weighted by molar-refractivity contribution is -0.146. The van der Waals surface area contributed by atoms with E-state index in [2.05, 4.69) is 4.74 Å². The largest absolute Gasteiger partial charge is 0.491 e. The smallest absolute Gasteiger partial charge is 0.321 e. The topological polar surface area (TPSA) is 104 Å². The lowest BCUT2D eigenvalue weighted by Gasteiger charge is -2.23. The van der Waals surface area contributed by atoms with Gasteiger partial charge < -0.3 is 28.8 Å². The van der Waals surface area contributed by atoms with E-state index in [9.17, 15) is 14.7 Å². The average Bonchev–Trinajstić information content (AvgIpc) is 2.71. The van der Waals surface area contributed by atoms with Gasteiger partial charge in [-0.3, -0.25) is 14.5 Å². The number of esters is 1. The molecule has 9 nitrogen and oxygen atoms in total. The van der Waals surface area contributed by atoms with Crippen molar-refractivity contribution in [2.75, 3.05) is 67.5 Å². The molecule has 29 heavy (non-hydrogen) atoms. The monoisotopic (exact) mass is 413 g/mol. The molecule has 1 N–H and O–H groups in total. The van der Waals surface area contributed by atoms with Crippen LogP contribution in [0.1, 0.15) is 5.56 Å². The fourth-order valence-corrected chi connectivity index (χ4v) is 2.44. The molecular formula is C20H31NO8. The van der Waals surface area contributed by atoms with Crippen molar-refractivity contribution >= 4 is 11.9 Å². The first-order valence-corrected chi connectivity index (χ1v) is 9.34. The van der Waals surface area contributed by atoms with Crippen molar-refractivity contribution in [1.29, 1.82) is 0 Å². The second kappa shape index (κ2) is 14.7. The summed E-state index contributed by atoms with van der Waals surface area (Å²) >= 11 is 0. The second-order valence-corrected chi connectivity index (χ2v) is 6.26. The molecule has 0 aliphatic rings. The van der Waals surface area contributed by atoms with Crippen molar-refractivity contribution < 1.29 is 38.4 Å². The quantitative estimate of drug-likeness (QED) is 0.312. The average molecular weight is 413 g/mol. The zero-order valence-electron chi connectivity index (χ0n) is 17.3. The van der Waals surface area contributed by atoms with E-state index in [1.165, 1.54) is 12.0 Å². The predicted octanol–water partition coefficient (Wildman–Crippen LogP) is 0.846. The van der Waals surface area contributed by atoms with Crippen molar-refractivity contribution in [2.45, 2.75) is 12.5 Å². The van der Waals surface area contributed by atoms with Crippen LogP contribution >= 0.6 is 0 Å². The summed E-state index contributed by atoms with van der Waals surface area (Å²) in [5.74, 6) is -0.810. The number of aliphatic carboxylic acids is 1. The molecule has 1 aromatic rings. The fourth-order valence-electron chi connectivity index (χ4n) is 2.44. The molecular weight excluding hydrogens is 382 g/mol. The number of rotatable bonds is 16. The van der Waals surface area contributed by atoms with Crippen LogP contribution < -0.4 is 4.74 Å². The number of hydrogen-bond donors (Lipinski definition) is 1. The van der Waals surface area contributed by atoms with Gasteiger partial charge >= 0.3 is 11.9 Å². The van der Waals surface area contributed by atoms with E-state index in [1.807, 2.05) is 12.1 Å². The zero-order chi connectivity index (χ0) is 21.5. The Bertz CT molecular complexity index is 593. The van der Waals surface area contributed by atoms with Gasteiger partial charge in [0.25, 0.3) is 0 Å². The third-order valence-electron chi connectivity index (χ3n) is 4.08. The summed E-state index contributed by atoms with van der Waals surface area (Å²) in [5, 5.41) is 9.45. The van der Waals surface area contributed by atoms with Crippen LogP contribution in [0, 0.1) is 0 Å². The minimum Gasteiger partial charge on any atom is -0.491 e. The molecule has 0 amide bonds. The van der Waals surface area contributed by atoms with Gasteiger partial charge in [-0.1, -0.05) is 12.1 Å². The molecule has 0 aromatic heterocycles. The Balaban J connectivity index is 2.34. The number of nitrogens with zero attached hydrogens (tertiary/aromatic N) is 1. The van der Waals surface area contributed by atoms with Crippen molar-refractivity contribution in [3.05, 3.63) is 29.8 Å². The van der Waals surface area contributed by atoms with Crippen LogP contribution in [-0.4, -0.2) is 95.4 Å². The predicted molar refractivity (Wildman–Crippen MR) is 105 cm³/mol. The lowest BCUT2D eigenvalue weighted by atomic mass is 10.0. The summed E-state index contributed by atoms with van der Waals surface area (Å²) < 4.78 is 25.7. The molecule has 0 saturated carbocycles. The summed E-state index contributed by atoms with van der Waals surface area (Å²) in [6.07, 6.45) is 0.259. The van der Waals surface area contributed by atoms with Gasteiger partial charge in [-0.2, -0.15) is 0 Å². The number of likely N-dealkylation sites (N-methyl/N-ethyl adjacent to an activating group) is 1. The van der Waals surface area contributed by atoms with Crippen molar-refractivity contribution in [3.63, 3.8) is 0 Å². The molecule has 0 aliphatic heterocycles. The first kappa shape index (κ1) is 24.8. The maximum absolute atomic E-state index is 11.5. The Morgan fingerprint density at radius 2 is 1.55 bits per heavy atom. The number of benzene rings is 1. The standard InChI is InChI=1S/C20H31NO8/c1-21(15-19(22)26-3)18(20(23)24)14-16-4-6-17(7-5-16)29-13-12-28-11-10-27-9-8-25-2/h4-7,18H,8-15H2,1-3H3,(H,23,24). The molecule has 0 bridgehead atoms. The molecule has 1 rings (SSSR count). The highest BCUT2D eigenvalue weighted by Gasteiger charge is 2.24. The first-order valence-electron chi connectivity index (χ1n) is 9.34. The Morgan fingerprint density at radius 3 is 2.10 bits per heavy atom. The van der Waals surface area contributed by atoms with Crippen molar-refractivity contribution in [1.82, 2.24) is 4.90 Å². The van der Waals surface area contributed by atoms with Crippen LogP contribution in [0.2, 0.25) is 0 Å². The van der Waals surface area contributed by atoms with Crippen molar-refractivity contribution in [3.8, 4) is 5.75 Å². The van der Waals surface area contributed by atoms with Crippen LogP contribution in [-0.2, 0) is 35.0 Å². The third kappa shape index (κ3) is 10.8. The molecule has 1 aromatic carbocycles. The van der Waals surface area contributed by atoms with Gasteiger partial charge in [0, 0.05) is 7.11 Å². The highest BCUT2D eigenvalue weighted by Crippen LogP contribution is 2.15. The highest BCUT2D eigenvalue weighted by atomic mass is 16.6. The van der Waals surface area contributed by atoms with Gasteiger partial charge in [0.1, 0.15) is 18.4 Å². The molecule has 0 heterocycles. The molecule has 0 fully saturated rings. The maximum atomic E-state index is 11.5. The van der Waals surface area contributed by atoms with E-state index in [0.29, 0.717) is 45.4 Å².